The standard InChI is InChI=1S/C22H15Cl2NO/c23-17-7-4-14(5-8-17)10-15-6-9-21-20(11-15)19(13-22(26)25-21)16-2-1-3-18(24)12-16/h1-9,11-13H,10H2,(H,25,26). The average molecular weight is 380 g/mol. The topological polar surface area (TPSA) is 32.9 Å². The molecule has 26 heavy (non-hydrogen) atoms. The van der Waals surface area contributed by atoms with Gasteiger partial charge >= 0.3 is 0 Å². The van der Waals surface area contributed by atoms with E-state index in [2.05, 4.69) is 11.1 Å². The van der Waals surface area contributed by atoms with Crippen LogP contribution in [0.25, 0.3) is 22.0 Å². The van der Waals surface area contributed by atoms with Crippen molar-refractivity contribution in [2.24, 2.45) is 0 Å². The molecule has 2 nitrogen and oxygen atoms in total. The van der Waals surface area contributed by atoms with Gasteiger partial charge in [-0.2, -0.15) is 0 Å². The van der Waals surface area contributed by atoms with Crippen LogP contribution in [0, 0.1) is 0 Å². The van der Waals surface area contributed by atoms with E-state index < -0.39 is 0 Å². The van der Waals surface area contributed by atoms with Crippen molar-refractivity contribution in [2.75, 3.05) is 0 Å². The highest BCUT2D eigenvalue weighted by Crippen LogP contribution is 2.29. The number of hydrogen-bond donors (Lipinski definition) is 1. The lowest BCUT2D eigenvalue weighted by Gasteiger charge is -2.10. The first-order valence-corrected chi connectivity index (χ1v) is 9.00. The lowest BCUT2D eigenvalue weighted by molar-refractivity contribution is 1.19. The summed E-state index contributed by atoms with van der Waals surface area (Å²) in [6.07, 6.45) is 0.793. The van der Waals surface area contributed by atoms with Crippen LogP contribution in [-0.2, 0) is 6.42 Å². The summed E-state index contributed by atoms with van der Waals surface area (Å²) in [6, 6.07) is 23.1. The molecule has 3 aromatic carbocycles. The molecule has 0 radical (unpaired) electrons. The molecule has 1 aromatic heterocycles. The fraction of sp³-hybridized carbons (Fsp3) is 0.0455. The smallest absolute Gasteiger partial charge is 0.249 e. The van der Waals surface area contributed by atoms with Crippen molar-refractivity contribution in [3.63, 3.8) is 0 Å². The molecule has 4 rings (SSSR count). The Morgan fingerprint density at radius 1 is 0.769 bits per heavy atom. The minimum Gasteiger partial charge on any atom is -0.322 e. The molecular weight excluding hydrogens is 365 g/mol. The predicted molar refractivity (Wildman–Crippen MR) is 109 cm³/mol. The Bertz CT molecular complexity index is 1150. The second kappa shape index (κ2) is 6.99. The first-order chi connectivity index (χ1) is 12.6. The van der Waals surface area contributed by atoms with Gasteiger partial charge in [-0.15, -0.1) is 0 Å². The molecule has 0 amide bonds. The Hall–Kier alpha value is -2.55. The number of benzene rings is 3. The zero-order chi connectivity index (χ0) is 18.1. The van der Waals surface area contributed by atoms with Crippen LogP contribution in [0.3, 0.4) is 0 Å². The molecule has 0 aliphatic heterocycles. The van der Waals surface area contributed by atoms with Crippen LogP contribution >= 0.6 is 23.2 Å². The Morgan fingerprint density at radius 2 is 1.54 bits per heavy atom. The zero-order valence-corrected chi connectivity index (χ0v) is 15.3. The van der Waals surface area contributed by atoms with E-state index in [4.69, 9.17) is 23.2 Å². The molecule has 0 saturated carbocycles. The van der Waals surface area contributed by atoms with E-state index in [9.17, 15) is 4.79 Å². The van der Waals surface area contributed by atoms with E-state index >= 15 is 0 Å². The highest BCUT2D eigenvalue weighted by Gasteiger charge is 2.08. The first kappa shape index (κ1) is 16.9. The van der Waals surface area contributed by atoms with Crippen molar-refractivity contribution in [3.8, 4) is 11.1 Å². The van der Waals surface area contributed by atoms with Crippen molar-refractivity contribution < 1.29 is 0 Å². The maximum Gasteiger partial charge on any atom is 0.249 e. The number of halogens is 2. The van der Waals surface area contributed by atoms with E-state index in [1.807, 2.05) is 60.7 Å². The summed E-state index contributed by atoms with van der Waals surface area (Å²) in [7, 11) is 0. The van der Waals surface area contributed by atoms with Gasteiger partial charge in [0.2, 0.25) is 5.56 Å². The van der Waals surface area contributed by atoms with Crippen LogP contribution < -0.4 is 5.56 Å². The molecule has 1 heterocycles. The summed E-state index contributed by atoms with van der Waals surface area (Å²) >= 11 is 12.1. The Morgan fingerprint density at radius 3 is 2.31 bits per heavy atom. The molecule has 1 N–H and O–H groups in total. The Balaban J connectivity index is 1.83. The normalized spacial score (nSPS) is 11.0. The minimum absolute atomic E-state index is 0.127. The Labute approximate surface area is 161 Å². The largest absolute Gasteiger partial charge is 0.322 e. The van der Waals surface area contributed by atoms with Crippen molar-refractivity contribution >= 4 is 34.1 Å². The van der Waals surface area contributed by atoms with Gasteiger partial charge in [-0.3, -0.25) is 4.79 Å². The number of fused-ring (bicyclic) bond motifs is 1. The number of rotatable bonds is 3. The maximum atomic E-state index is 12.1. The van der Waals surface area contributed by atoms with Crippen LogP contribution in [0.5, 0.6) is 0 Å². The van der Waals surface area contributed by atoms with Gasteiger partial charge in [-0.05, 0) is 65.1 Å². The van der Waals surface area contributed by atoms with Gasteiger partial charge in [0.05, 0.1) is 0 Å². The molecule has 0 unspecified atom stereocenters. The van der Waals surface area contributed by atoms with Gasteiger partial charge in [0.25, 0.3) is 0 Å². The second-order valence-electron chi connectivity index (χ2n) is 6.24. The van der Waals surface area contributed by atoms with E-state index in [0.29, 0.717) is 5.02 Å². The van der Waals surface area contributed by atoms with Crippen LogP contribution in [0.2, 0.25) is 10.0 Å². The predicted octanol–water partition coefficient (Wildman–Crippen LogP) is 6.09. The molecule has 0 spiro atoms. The fourth-order valence-corrected chi connectivity index (χ4v) is 3.46. The zero-order valence-electron chi connectivity index (χ0n) is 13.8. The summed E-state index contributed by atoms with van der Waals surface area (Å²) in [5.74, 6) is 0. The van der Waals surface area contributed by atoms with Crippen molar-refractivity contribution in [3.05, 3.63) is 104 Å². The molecule has 0 bridgehead atoms. The molecule has 128 valence electrons. The van der Waals surface area contributed by atoms with Gasteiger partial charge in [0.15, 0.2) is 0 Å². The summed E-state index contributed by atoms with van der Waals surface area (Å²) in [4.78, 5) is 15.0. The number of nitrogens with one attached hydrogen (secondary N) is 1. The summed E-state index contributed by atoms with van der Waals surface area (Å²) < 4.78 is 0. The summed E-state index contributed by atoms with van der Waals surface area (Å²) in [5, 5.41) is 2.37. The average Bonchev–Trinajstić information content (AvgIpc) is 2.63. The molecule has 0 aliphatic carbocycles. The van der Waals surface area contributed by atoms with Gasteiger partial charge in [-0.25, -0.2) is 0 Å². The van der Waals surface area contributed by atoms with Gasteiger partial charge in [0, 0.05) is 27.0 Å². The number of H-pyrrole nitrogens is 1. The fourth-order valence-electron chi connectivity index (χ4n) is 3.14. The number of aromatic amines is 1. The minimum atomic E-state index is -0.127. The van der Waals surface area contributed by atoms with Crippen molar-refractivity contribution in [1.82, 2.24) is 4.98 Å². The molecular formula is C22H15Cl2NO. The SMILES string of the molecule is O=c1cc(-c2cccc(Cl)c2)c2cc(Cc3ccc(Cl)cc3)ccc2[nH]1. The molecule has 0 aliphatic rings. The second-order valence-corrected chi connectivity index (χ2v) is 7.11. The lowest BCUT2D eigenvalue weighted by Crippen LogP contribution is -2.05. The number of pyridine rings is 1. The lowest BCUT2D eigenvalue weighted by atomic mass is 9.97. The summed E-state index contributed by atoms with van der Waals surface area (Å²) in [6.45, 7) is 0. The Kier molecular flexibility index (Phi) is 4.54. The number of hydrogen-bond acceptors (Lipinski definition) is 1. The first-order valence-electron chi connectivity index (χ1n) is 8.25. The quantitative estimate of drug-likeness (QED) is 0.458. The third-order valence-electron chi connectivity index (χ3n) is 4.36. The van der Waals surface area contributed by atoms with Crippen LogP contribution in [-0.4, -0.2) is 4.98 Å². The highest BCUT2D eigenvalue weighted by atomic mass is 35.5. The van der Waals surface area contributed by atoms with E-state index in [-0.39, 0.29) is 5.56 Å². The van der Waals surface area contributed by atoms with Crippen molar-refractivity contribution in [1.29, 1.82) is 0 Å². The van der Waals surface area contributed by atoms with Gasteiger partial charge in [0.1, 0.15) is 0 Å². The third-order valence-corrected chi connectivity index (χ3v) is 4.85. The van der Waals surface area contributed by atoms with E-state index in [0.717, 1.165) is 39.0 Å². The van der Waals surface area contributed by atoms with E-state index in [1.54, 1.807) is 6.07 Å². The molecule has 0 atom stereocenters. The number of aromatic nitrogens is 1. The van der Waals surface area contributed by atoms with Crippen LogP contribution in [0.1, 0.15) is 11.1 Å². The maximum absolute atomic E-state index is 12.1. The van der Waals surface area contributed by atoms with Gasteiger partial charge in [-0.1, -0.05) is 53.5 Å². The monoisotopic (exact) mass is 379 g/mol. The third kappa shape index (κ3) is 3.52. The highest BCUT2D eigenvalue weighted by molar-refractivity contribution is 6.31. The molecule has 0 fully saturated rings. The van der Waals surface area contributed by atoms with Crippen LogP contribution in [0.4, 0.5) is 0 Å². The molecule has 0 saturated heterocycles. The summed E-state index contributed by atoms with van der Waals surface area (Å²) in [5.41, 5.74) is 4.84. The molecule has 4 heteroatoms. The van der Waals surface area contributed by atoms with Crippen molar-refractivity contribution in [2.45, 2.75) is 6.42 Å². The molecule has 4 aromatic rings. The van der Waals surface area contributed by atoms with Crippen LogP contribution in [0.15, 0.2) is 77.6 Å². The van der Waals surface area contributed by atoms with E-state index in [1.165, 1.54) is 5.56 Å². The van der Waals surface area contributed by atoms with Gasteiger partial charge < -0.3 is 4.98 Å².